The Hall–Kier alpha value is -3.31. The van der Waals surface area contributed by atoms with Crippen molar-refractivity contribution in [2.24, 2.45) is 0 Å². The lowest BCUT2D eigenvalue weighted by atomic mass is 10.1. The molecule has 0 aliphatic carbocycles. The van der Waals surface area contributed by atoms with E-state index in [4.69, 9.17) is 14.5 Å². The van der Waals surface area contributed by atoms with Gasteiger partial charge in [-0.05, 0) is 49.4 Å². The largest absolute Gasteiger partial charge is 0.495 e. The third-order valence-electron chi connectivity index (χ3n) is 3.63. The molecule has 0 fully saturated rings. The lowest BCUT2D eigenvalue weighted by Gasteiger charge is -2.12. The van der Waals surface area contributed by atoms with Gasteiger partial charge < -0.3 is 9.26 Å². The number of nitriles is 1. The molecule has 0 atom stereocenters. The fourth-order valence-electron chi connectivity index (χ4n) is 2.37. The SMILES string of the molecule is COc1cc(-c2cc(C)no2)ccc1S(=O)(=O)Nc1ccc(C#N)cc1. The molecule has 3 rings (SSSR count). The minimum absolute atomic E-state index is 0.00986. The quantitative estimate of drug-likeness (QED) is 0.739. The summed E-state index contributed by atoms with van der Waals surface area (Å²) in [6.45, 7) is 1.80. The number of hydrogen-bond donors (Lipinski definition) is 1. The van der Waals surface area contributed by atoms with Gasteiger partial charge in [-0.25, -0.2) is 8.42 Å². The van der Waals surface area contributed by atoms with E-state index in [2.05, 4.69) is 9.88 Å². The van der Waals surface area contributed by atoms with Gasteiger partial charge in [0.15, 0.2) is 5.76 Å². The van der Waals surface area contributed by atoms with Crippen LogP contribution in [0.2, 0.25) is 0 Å². The van der Waals surface area contributed by atoms with E-state index in [1.807, 2.05) is 6.07 Å². The van der Waals surface area contributed by atoms with Crippen LogP contribution in [0.3, 0.4) is 0 Å². The maximum atomic E-state index is 12.7. The van der Waals surface area contributed by atoms with Crippen LogP contribution in [0.4, 0.5) is 5.69 Å². The zero-order valence-corrected chi connectivity index (χ0v) is 14.9. The van der Waals surface area contributed by atoms with Crippen molar-refractivity contribution in [3.63, 3.8) is 0 Å². The smallest absolute Gasteiger partial charge is 0.265 e. The van der Waals surface area contributed by atoms with Gasteiger partial charge in [-0.3, -0.25) is 4.72 Å². The van der Waals surface area contributed by atoms with Gasteiger partial charge in [0.2, 0.25) is 0 Å². The number of nitrogens with one attached hydrogen (secondary N) is 1. The molecule has 1 heterocycles. The average Bonchev–Trinajstić information content (AvgIpc) is 3.08. The minimum Gasteiger partial charge on any atom is -0.495 e. The number of ether oxygens (including phenoxy) is 1. The van der Waals surface area contributed by atoms with Crippen LogP contribution in [0.5, 0.6) is 5.75 Å². The van der Waals surface area contributed by atoms with E-state index in [1.54, 1.807) is 25.1 Å². The zero-order chi connectivity index (χ0) is 18.7. The second-order valence-corrected chi connectivity index (χ2v) is 7.14. The maximum absolute atomic E-state index is 12.7. The monoisotopic (exact) mass is 369 g/mol. The number of anilines is 1. The van der Waals surface area contributed by atoms with Gasteiger partial charge in [0, 0.05) is 17.3 Å². The molecule has 2 aromatic carbocycles. The molecule has 0 amide bonds. The van der Waals surface area contributed by atoms with Gasteiger partial charge in [-0.2, -0.15) is 5.26 Å². The summed E-state index contributed by atoms with van der Waals surface area (Å²) in [6.07, 6.45) is 0. The van der Waals surface area contributed by atoms with Gasteiger partial charge in [0.25, 0.3) is 10.0 Å². The number of benzene rings is 2. The molecule has 0 saturated heterocycles. The fourth-order valence-corrected chi connectivity index (χ4v) is 3.58. The first kappa shape index (κ1) is 17.5. The first-order valence-electron chi connectivity index (χ1n) is 7.57. The maximum Gasteiger partial charge on any atom is 0.265 e. The third kappa shape index (κ3) is 3.53. The Balaban J connectivity index is 1.94. The van der Waals surface area contributed by atoms with Crippen molar-refractivity contribution in [2.45, 2.75) is 11.8 Å². The van der Waals surface area contributed by atoms with E-state index in [-0.39, 0.29) is 10.6 Å². The Kier molecular flexibility index (Phi) is 4.65. The summed E-state index contributed by atoms with van der Waals surface area (Å²) in [5.41, 5.74) is 2.16. The molecule has 7 nitrogen and oxygen atoms in total. The summed E-state index contributed by atoms with van der Waals surface area (Å²) >= 11 is 0. The molecule has 0 radical (unpaired) electrons. The number of rotatable bonds is 5. The first-order valence-corrected chi connectivity index (χ1v) is 9.06. The highest BCUT2D eigenvalue weighted by Crippen LogP contribution is 2.31. The standard InChI is InChI=1S/C18H15N3O4S/c1-12-9-16(25-20-12)14-5-8-18(17(10-14)24-2)26(22,23)21-15-6-3-13(11-19)4-7-15/h3-10,21H,1-2H3. The summed E-state index contributed by atoms with van der Waals surface area (Å²) < 4.78 is 38.3. The van der Waals surface area contributed by atoms with E-state index >= 15 is 0 Å². The highest BCUT2D eigenvalue weighted by atomic mass is 32.2. The summed E-state index contributed by atoms with van der Waals surface area (Å²) in [5, 5.41) is 12.6. The van der Waals surface area contributed by atoms with Crippen LogP contribution in [-0.2, 0) is 10.0 Å². The van der Waals surface area contributed by atoms with E-state index in [9.17, 15) is 8.42 Å². The van der Waals surface area contributed by atoms with E-state index < -0.39 is 10.0 Å². The van der Waals surface area contributed by atoms with Gasteiger partial charge in [-0.1, -0.05) is 5.16 Å². The van der Waals surface area contributed by atoms with Gasteiger partial charge in [0.05, 0.1) is 24.4 Å². The van der Waals surface area contributed by atoms with Crippen molar-refractivity contribution in [3.8, 4) is 23.1 Å². The summed E-state index contributed by atoms with van der Waals surface area (Å²) in [7, 11) is -2.48. The second-order valence-electron chi connectivity index (χ2n) is 5.49. The molecule has 0 bridgehead atoms. The lowest BCUT2D eigenvalue weighted by Crippen LogP contribution is -2.14. The van der Waals surface area contributed by atoms with Crippen molar-refractivity contribution >= 4 is 15.7 Å². The summed E-state index contributed by atoms with van der Waals surface area (Å²) in [5.74, 6) is 0.697. The van der Waals surface area contributed by atoms with Crippen LogP contribution in [0.25, 0.3) is 11.3 Å². The number of aromatic nitrogens is 1. The van der Waals surface area contributed by atoms with Crippen LogP contribution in [0, 0.1) is 18.3 Å². The molecule has 8 heteroatoms. The Morgan fingerprint density at radius 3 is 2.46 bits per heavy atom. The van der Waals surface area contributed by atoms with Crippen molar-refractivity contribution in [1.82, 2.24) is 5.16 Å². The third-order valence-corrected chi connectivity index (χ3v) is 5.05. The highest BCUT2D eigenvalue weighted by Gasteiger charge is 2.21. The Labute approximate surface area is 150 Å². The van der Waals surface area contributed by atoms with Crippen molar-refractivity contribution in [2.75, 3.05) is 11.8 Å². The second kappa shape index (κ2) is 6.90. The van der Waals surface area contributed by atoms with Crippen molar-refractivity contribution < 1.29 is 17.7 Å². The predicted octanol–water partition coefficient (Wildman–Crippen LogP) is 3.33. The molecule has 0 aliphatic heterocycles. The Morgan fingerprint density at radius 2 is 1.88 bits per heavy atom. The van der Waals surface area contributed by atoms with Crippen LogP contribution in [-0.4, -0.2) is 20.7 Å². The molecular weight excluding hydrogens is 354 g/mol. The highest BCUT2D eigenvalue weighted by molar-refractivity contribution is 7.92. The molecule has 3 aromatic rings. The fraction of sp³-hybridized carbons (Fsp3) is 0.111. The predicted molar refractivity (Wildman–Crippen MR) is 95.2 cm³/mol. The minimum atomic E-state index is -3.87. The van der Waals surface area contributed by atoms with Crippen LogP contribution in [0.1, 0.15) is 11.3 Å². The van der Waals surface area contributed by atoms with Gasteiger partial charge in [0.1, 0.15) is 10.6 Å². The number of aryl methyl sites for hydroxylation is 1. The molecule has 132 valence electrons. The molecule has 0 unspecified atom stereocenters. The normalized spacial score (nSPS) is 11.0. The van der Waals surface area contributed by atoms with Gasteiger partial charge in [-0.15, -0.1) is 0 Å². The van der Waals surface area contributed by atoms with Crippen molar-refractivity contribution in [3.05, 3.63) is 59.8 Å². The molecule has 0 saturated carbocycles. The number of sulfonamides is 1. The van der Waals surface area contributed by atoms with Crippen LogP contribution < -0.4 is 9.46 Å². The number of nitrogens with zero attached hydrogens (tertiary/aromatic N) is 2. The van der Waals surface area contributed by atoms with Crippen LogP contribution in [0.15, 0.2) is 57.9 Å². The number of methoxy groups -OCH3 is 1. The molecule has 26 heavy (non-hydrogen) atoms. The lowest BCUT2D eigenvalue weighted by molar-refractivity contribution is 0.402. The van der Waals surface area contributed by atoms with Gasteiger partial charge >= 0.3 is 0 Å². The Bertz CT molecular complexity index is 1080. The topological polar surface area (TPSA) is 105 Å². The van der Waals surface area contributed by atoms with Crippen molar-refractivity contribution in [1.29, 1.82) is 5.26 Å². The zero-order valence-electron chi connectivity index (χ0n) is 14.1. The molecule has 0 spiro atoms. The molecule has 0 aliphatic rings. The molecule has 1 aromatic heterocycles. The summed E-state index contributed by atoms with van der Waals surface area (Å²) in [4.78, 5) is -0.00986. The van der Waals surface area contributed by atoms with E-state index in [0.717, 1.165) is 5.69 Å². The molecule has 1 N–H and O–H groups in total. The Morgan fingerprint density at radius 1 is 1.15 bits per heavy atom. The number of hydrogen-bond acceptors (Lipinski definition) is 6. The van der Waals surface area contributed by atoms with Crippen LogP contribution >= 0.6 is 0 Å². The summed E-state index contributed by atoms with van der Waals surface area (Å²) in [6, 6.07) is 14.5. The van der Waals surface area contributed by atoms with E-state index in [1.165, 1.54) is 37.4 Å². The van der Waals surface area contributed by atoms with E-state index in [0.29, 0.717) is 22.6 Å². The average molecular weight is 369 g/mol. The molecular formula is C18H15N3O4S. The first-order chi connectivity index (χ1) is 12.4.